The van der Waals surface area contributed by atoms with Crippen molar-refractivity contribution in [3.63, 3.8) is 0 Å². The molecule has 1 aromatic rings. The van der Waals surface area contributed by atoms with Crippen LogP contribution in [-0.4, -0.2) is 36.1 Å². The Balaban J connectivity index is 2.42. The predicted octanol–water partition coefficient (Wildman–Crippen LogP) is 0.486. The molecule has 1 fully saturated rings. The summed E-state index contributed by atoms with van der Waals surface area (Å²) in [6, 6.07) is 0. The molecule has 0 saturated carbocycles. The van der Waals surface area contributed by atoms with E-state index in [2.05, 4.69) is 9.97 Å². The number of carbonyl (C=O) groups excluding carboxylic acids is 1. The number of nitrogens with two attached hydrogens (primary N) is 1. The molecule has 0 aromatic carbocycles. The molecule has 1 unspecified atom stereocenters. The van der Waals surface area contributed by atoms with E-state index >= 15 is 0 Å². The number of halogens is 2. The Kier molecular flexibility index (Phi) is 3.69. The van der Waals surface area contributed by atoms with Gasteiger partial charge in [-0.15, -0.1) is 0 Å². The second-order valence-corrected chi connectivity index (χ2v) is 6.68. The maximum atomic E-state index is 11.9. The lowest BCUT2D eigenvalue weighted by Crippen LogP contribution is -2.32. The first-order valence-corrected chi connectivity index (χ1v) is 7.58. The number of primary sulfonamides is 1. The van der Waals surface area contributed by atoms with E-state index in [1.807, 2.05) is 0 Å². The molecule has 1 atom stereocenters. The SMILES string of the molecule is Cc1nc(Cl)nc(Cl)c1N1CC(S(N)(=O)=O)CC1=O. The average molecular weight is 325 g/mol. The first kappa shape index (κ1) is 14.4. The maximum Gasteiger partial charge on any atom is 0.228 e. The highest BCUT2D eigenvalue weighted by Gasteiger charge is 2.39. The summed E-state index contributed by atoms with van der Waals surface area (Å²) in [4.78, 5) is 20.7. The normalized spacial score (nSPS) is 20.1. The number of aryl methyl sites for hydroxylation is 1. The summed E-state index contributed by atoms with van der Waals surface area (Å²) >= 11 is 11.6. The van der Waals surface area contributed by atoms with Gasteiger partial charge in [0, 0.05) is 13.0 Å². The van der Waals surface area contributed by atoms with Crippen LogP contribution in [0, 0.1) is 6.92 Å². The molecule has 2 rings (SSSR count). The third-order valence-electron chi connectivity index (χ3n) is 2.81. The highest BCUT2D eigenvalue weighted by atomic mass is 35.5. The Morgan fingerprint density at radius 1 is 1.37 bits per heavy atom. The Hall–Kier alpha value is -0.960. The average Bonchev–Trinajstić information content (AvgIpc) is 2.59. The van der Waals surface area contributed by atoms with E-state index < -0.39 is 21.2 Å². The molecule has 10 heteroatoms. The minimum Gasteiger partial charge on any atom is -0.307 e. The van der Waals surface area contributed by atoms with Crippen molar-refractivity contribution < 1.29 is 13.2 Å². The van der Waals surface area contributed by atoms with E-state index in [4.69, 9.17) is 28.3 Å². The summed E-state index contributed by atoms with van der Waals surface area (Å²) in [5, 5.41) is 4.06. The van der Waals surface area contributed by atoms with Crippen molar-refractivity contribution in [2.45, 2.75) is 18.6 Å². The monoisotopic (exact) mass is 324 g/mol. The van der Waals surface area contributed by atoms with Crippen molar-refractivity contribution in [3.8, 4) is 0 Å². The van der Waals surface area contributed by atoms with E-state index in [1.165, 1.54) is 4.90 Å². The molecule has 7 nitrogen and oxygen atoms in total. The van der Waals surface area contributed by atoms with Crippen LogP contribution in [0.4, 0.5) is 5.69 Å². The minimum absolute atomic E-state index is 0.000851. The van der Waals surface area contributed by atoms with E-state index in [0.717, 1.165) is 0 Å². The fourth-order valence-electron chi connectivity index (χ4n) is 1.92. The van der Waals surface area contributed by atoms with Gasteiger partial charge in [-0.25, -0.2) is 23.5 Å². The molecule has 1 aliphatic heterocycles. The lowest BCUT2D eigenvalue weighted by Gasteiger charge is -2.19. The molecule has 0 radical (unpaired) electrons. The molecule has 104 valence electrons. The van der Waals surface area contributed by atoms with Crippen molar-refractivity contribution in [2.75, 3.05) is 11.4 Å². The van der Waals surface area contributed by atoms with Gasteiger partial charge in [0.25, 0.3) is 0 Å². The second-order valence-electron chi connectivity index (χ2n) is 4.14. The molecule has 2 heterocycles. The van der Waals surface area contributed by atoms with Crippen LogP contribution in [-0.2, 0) is 14.8 Å². The van der Waals surface area contributed by atoms with Gasteiger partial charge < -0.3 is 4.90 Å². The molecule has 1 amide bonds. The number of amides is 1. The minimum atomic E-state index is -3.78. The van der Waals surface area contributed by atoms with Crippen LogP contribution < -0.4 is 10.0 Å². The number of hydrogen-bond acceptors (Lipinski definition) is 5. The third-order valence-corrected chi connectivity index (χ3v) is 4.49. The van der Waals surface area contributed by atoms with Gasteiger partial charge in [0.15, 0.2) is 5.15 Å². The fraction of sp³-hybridized carbons (Fsp3) is 0.444. The van der Waals surface area contributed by atoms with Crippen LogP contribution in [0.1, 0.15) is 12.1 Å². The van der Waals surface area contributed by atoms with Gasteiger partial charge in [0.05, 0.1) is 5.69 Å². The molecule has 19 heavy (non-hydrogen) atoms. The van der Waals surface area contributed by atoms with Crippen molar-refractivity contribution in [3.05, 3.63) is 16.1 Å². The lowest BCUT2D eigenvalue weighted by molar-refractivity contribution is -0.117. The van der Waals surface area contributed by atoms with E-state index in [-0.39, 0.29) is 29.1 Å². The number of aromatic nitrogens is 2. The van der Waals surface area contributed by atoms with Gasteiger partial charge in [0.1, 0.15) is 10.9 Å². The van der Waals surface area contributed by atoms with Gasteiger partial charge in [-0.05, 0) is 18.5 Å². The third kappa shape index (κ3) is 2.81. The smallest absolute Gasteiger partial charge is 0.228 e. The Morgan fingerprint density at radius 2 is 2.00 bits per heavy atom. The summed E-state index contributed by atoms with van der Waals surface area (Å²) in [6.45, 7) is 1.54. The lowest BCUT2D eigenvalue weighted by atomic mass is 10.3. The standard InChI is InChI=1S/C9H10Cl2N4O3S/c1-4-7(8(10)14-9(11)13-4)15-3-5(2-6(15)16)19(12,17)18/h5H,2-3H2,1H3,(H2,12,17,18). The van der Waals surface area contributed by atoms with E-state index in [9.17, 15) is 13.2 Å². The van der Waals surface area contributed by atoms with Crippen LogP contribution in [0.2, 0.25) is 10.4 Å². The number of rotatable bonds is 2. The summed E-state index contributed by atoms with van der Waals surface area (Å²) in [5.74, 6) is -0.394. The maximum absolute atomic E-state index is 11.9. The molecular weight excluding hydrogens is 315 g/mol. The number of sulfonamides is 1. The molecule has 0 aliphatic carbocycles. The highest BCUT2D eigenvalue weighted by Crippen LogP contribution is 2.32. The summed E-state index contributed by atoms with van der Waals surface area (Å²) in [7, 11) is -3.78. The zero-order chi connectivity index (χ0) is 14.4. The number of nitrogens with zero attached hydrogens (tertiary/aromatic N) is 3. The van der Waals surface area contributed by atoms with Crippen molar-refractivity contribution >= 4 is 44.8 Å². The zero-order valence-electron chi connectivity index (χ0n) is 9.80. The van der Waals surface area contributed by atoms with Crippen LogP contribution in [0.15, 0.2) is 0 Å². The van der Waals surface area contributed by atoms with Gasteiger partial charge >= 0.3 is 0 Å². The number of carbonyl (C=O) groups is 1. The van der Waals surface area contributed by atoms with Crippen LogP contribution in [0.3, 0.4) is 0 Å². The van der Waals surface area contributed by atoms with Crippen LogP contribution in [0.5, 0.6) is 0 Å². The Morgan fingerprint density at radius 3 is 2.47 bits per heavy atom. The molecule has 0 bridgehead atoms. The predicted molar refractivity (Wildman–Crippen MR) is 70.7 cm³/mol. The first-order chi connectivity index (χ1) is 8.70. The summed E-state index contributed by atoms with van der Waals surface area (Å²) in [6.07, 6.45) is -0.183. The van der Waals surface area contributed by atoms with Crippen molar-refractivity contribution in [1.29, 1.82) is 0 Å². The van der Waals surface area contributed by atoms with E-state index in [0.29, 0.717) is 5.69 Å². The van der Waals surface area contributed by atoms with Crippen LogP contribution >= 0.6 is 23.2 Å². The molecule has 1 saturated heterocycles. The van der Waals surface area contributed by atoms with Gasteiger partial charge in [-0.3, -0.25) is 4.79 Å². The molecular formula is C9H10Cl2N4O3S. The molecule has 1 aromatic heterocycles. The number of hydrogen-bond donors (Lipinski definition) is 1. The largest absolute Gasteiger partial charge is 0.307 e. The fourth-order valence-corrected chi connectivity index (χ4v) is 3.22. The van der Waals surface area contributed by atoms with Crippen molar-refractivity contribution in [2.24, 2.45) is 5.14 Å². The number of anilines is 1. The van der Waals surface area contributed by atoms with Crippen molar-refractivity contribution in [1.82, 2.24) is 9.97 Å². The summed E-state index contributed by atoms with van der Waals surface area (Å²) < 4.78 is 22.6. The van der Waals surface area contributed by atoms with Crippen LogP contribution in [0.25, 0.3) is 0 Å². The second kappa shape index (κ2) is 4.86. The first-order valence-electron chi connectivity index (χ1n) is 5.21. The molecule has 0 spiro atoms. The molecule has 1 aliphatic rings. The summed E-state index contributed by atoms with van der Waals surface area (Å²) in [5.41, 5.74) is 0.663. The van der Waals surface area contributed by atoms with Gasteiger partial charge in [-0.2, -0.15) is 0 Å². The molecule has 2 N–H and O–H groups in total. The zero-order valence-corrected chi connectivity index (χ0v) is 12.1. The highest BCUT2D eigenvalue weighted by molar-refractivity contribution is 7.89. The topological polar surface area (TPSA) is 106 Å². The van der Waals surface area contributed by atoms with Gasteiger partial charge in [-0.1, -0.05) is 11.6 Å². The van der Waals surface area contributed by atoms with Gasteiger partial charge in [0.2, 0.25) is 21.2 Å². The van der Waals surface area contributed by atoms with E-state index in [1.54, 1.807) is 6.92 Å². The Labute approximate surface area is 119 Å². The Bertz CT molecular complexity index is 626. The quantitative estimate of drug-likeness (QED) is 0.629.